The molecule has 0 saturated carbocycles. The van der Waals surface area contributed by atoms with Gasteiger partial charge in [0.1, 0.15) is 5.75 Å². The first-order chi connectivity index (χ1) is 13.1. The Labute approximate surface area is 160 Å². The van der Waals surface area contributed by atoms with Crippen LogP contribution < -0.4 is 9.64 Å². The highest BCUT2D eigenvalue weighted by molar-refractivity contribution is 5.83. The Morgan fingerprint density at radius 1 is 1.19 bits per heavy atom. The van der Waals surface area contributed by atoms with Crippen molar-refractivity contribution >= 4 is 22.8 Å². The number of hydrogen-bond acceptors (Lipinski definition) is 5. The number of aromatic nitrogens is 2. The highest BCUT2D eigenvalue weighted by Gasteiger charge is 2.24. The Hall–Kier alpha value is -2.37. The van der Waals surface area contributed by atoms with E-state index in [1.165, 1.54) is 0 Å². The maximum atomic E-state index is 11.8. The monoisotopic (exact) mass is 368 g/mol. The summed E-state index contributed by atoms with van der Waals surface area (Å²) in [4.78, 5) is 25.6. The predicted molar refractivity (Wildman–Crippen MR) is 106 cm³/mol. The Bertz CT molecular complexity index is 830. The average Bonchev–Trinajstić information content (AvgIpc) is 3.11. The number of anilines is 1. The Balaban J connectivity index is 1.39. The third-order valence-corrected chi connectivity index (χ3v) is 5.96. The van der Waals surface area contributed by atoms with Crippen molar-refractivity contribution in [2.24, 2.45) is 5.92 Å². The van der Waals surface area contributed by atoms with Gasteiger partial charge in [-0.15, -0.1) is 0 Å². The lowest BCUT2D eigenvalue weighted by molar-refractivity contribution is -0.127. The van der Waals surface area contributed by atoms with Crippen molar-refractivity contribution in [1.82, 2.24) is 14.9 Å². The molecule has 1 aromatic heterocycles. The number of nitrogens with zero attached hydrogens (tertiary/aromatic N) is 4. The standard InChI is InChI=1S/C21H28N4O2/c1-15-18-6-5-17(27-2)14-19(18)23-21(22-15)25-12-8-16(9-13-25)7-11-24-10-3-4-20(24)26/h5-6,14,16H,3-4,7-13H2,1-2H3. The fraction of sp³-hybridized carbons (Fsp3) is 0.571. The van der Waals surface area contributed by atoms with Gasteiger partial charge in [-0.3, -0.25) is 4.79 Å². The second-order valence-corrected chi connectivity index (χ2v) is 7.70. The molecule has 2 aliphatic heterocycles. The second kappa shape index (κ2) is 7.71. The fourth-order valence-corrected chi connectivity index (χ4v) is 4.22. The zero-order chi connectivity index (χ0) is 18.8. The van der Waals surface area contributed by atoms with Crippen LogP contribution in [0.4, 0.5) is 5.95 Å². The van der Waals surface area contributed by atoms with Crippen LogP contribution >= 0.6 is 0 Å². The van der Waals surface area contributed by atoms with Crippen molar-refractivity contribution < 1.29 is 9.53 Å². The van der Waals surface area contributed by atoms with Crippen LogP contribution in [0, 0.1) is 12.8 Å². The summed E-state index contributed by atoms with van der Waals surface area (Å²) >= 11 is 0. The minimum absolute atomic E-state index is 0.336. The molecule has 0 N–H and O–H groups in total. The molecule has 2 aliphatic rings. The number of carbonyl (C=O) groups is 1. The van der Waals surface area contributed by atoms with Gasteiger partial charge in [0.2, 0.25) is 11.9 Å². The summed E-state index contributed by atoms with van der Waals surface area (Å²) in [6, 6.07) is 5.96. The minimum atomic E-state index is 0.336. The first-order valence-corrected chi connectivity index (χ1v) is 9.99. The Morgan fingerprint density at radius 3 is 2.70 bits per heavy atom. The van der Waals surface area contributed by atoms with E-state index < -0.39 is 0 Å². The summed E-state index contributed by atoms with van der Waals surface area (Å²) in [7, 11) is 1.68. The highest BCUT2D eigenvalue weighted by atomic mass is 16.5. The number of amides is 1. The molecule has 1 aromatic carbocycles. The van der Waals surface area contributed by atoms with Gasteiger partial charge in [0.05, 0.1) is 18.3 Å². The van der Waals surface area contributed by atoms with Gasteiger partial charge in [-0.1, -0.05) is 0 Å². The summed E-state index contributed by atoms with van der Waals surface area (Å²) in [6.45, 7) is 5.88. The normalized spacial score (nSPS) is 18.5. The molecule has 0 bridgehead atoms. The number of methoxy groups -OCH3 is 1. The summed E-state index contributed by atoms with van der Waals surface area (Å²) in [5.41, 5.74) is 1.94. The fourth-order valence-electron chi connectivity index (χ4n) is 4.22. The SMILES string of the molecule is COc1ccc2c(C)nc(N3CCC(CCN4CCCC4=O)CC3)nc2c1. The minimum Gasteiger partial charge on any atom is -0.497 e. The van der Waals surface area contributed by atoms with Gasteiger partial charge >= 0.3 is 0 Å². The van der Waals surface area contributed by atoms with E-state index in [1.54, 1.807) is 7.11 Å². The molecule has 0 spiro atoms. The number of hydrogen-bond donors (Lipinski definition) is 0. The number of rotatable bonds is 5. The number of benzene rings is 1. The van der Waals surface area contributed by atoms with Crippen molar-refractivity contribution in [3.8, 4) is 5.75 Å². The number of likely N-dealkylation sites (tertiary alicyclic amines) is 1. The van der Waals surface area contributed by atoms with E-state index in [-0.39, 0.29) is 0 Å². The first kappa shape index (κ1) is 18.0. The van der Waals surface area contributed by atoms with Crippen molar-refractivity contribution in [2.45, 2.75) is 39.0 Å². The van der Waals surface area contributed by atoms with Crippen molar-refractivity contribution in [2.75, 3.05) is 38.2 Å². The largest absolute Gasteiger partial charge is 0.497 e. The maximum Gasteiger partial charge on any atom is 0.226 e. The Kier molecular flexibility index (Phi) is 5.14. The van der Waals surface area contributed by atoms with Crippen LogP contribution in [0.5, 0.6) is 5.75 Å². The summed E-state index contributed by atoms with van der Waals surface area (Å²) in [5.74, 6) is 2.67. The van der Waals surface area contributed by atoms with E-state index in [4.69, 9.17) is 14.7 Å². The van der Waals surface area contributed by atoms with Gasteiger partial charge in [0.25, 0.3) is 0 Å². The summed E-state index contributed by atoms with van der Waals surface area (Å²) < 4.78 is 5.34. The maximum absolute atomic E-state index is 11.8. The number of fused-ring (bicyclic) bond motifs is 1. The molecule has 1 amide bonds. The molecule has 2 fully saturated rings. The van der Waals surface area contributed by atoms with E-state index in [0.29, 0.717) is 11.8 Å². The first-order valence-electron chi connectivity index (χ1n) is 9.99. The molecular formula is C21H28N4O2. The van der Waals surface area contributed by atoms with Gasteiger partial charge < -0.3 is 14.5 Å². The Morgan fingerprint density at radius 2 is 2.00 bits per heavy atom. The van der Waals surface area contributed by atoms with E-state index in [9.17, 15) is 4.79 Å². The van der Waals surface area contributed by atoms with Crippen molar-refractivity contribution in [3.05, 3.63) is 23.9 Å². The van der Waals surface area contributed by atoms with E-state index >= 15 is 0 Å². The van der Waals surface area contributed by atoms with Gasteiger partial charge in [-0.05, 0) is 50.7 Å². The molecule has 6 heteroatoms. The van der Waals surface area contributed by atoms with E-state index in [0.717, 1.165) is 86.6 Å². The lowest BCUT2D eigenvalue weighted by atomic mass is 9.93. The molecule has 144 valence electrons. The lowest BCUT2D eigenvalue weighted by Gasteiger charge is -2.33. The highest BCUT2D eigenvalue weighted by Crippen LogP contribution is 2.27. The van der Waals surface area contributed by atoms with Crippen LogP contribution in [0.25, 0.3) is 10.9 Å². The van der Waals surface area contributed by atoms with Crippen LogP contribution in [0.3, 0.4) is 0 Å². The lowest BCUT2D eigenvalue weighted by Crippen LogP contribution is -2.36. The molecule has 2 saturated heterocycles. The van der Waals surface area contributed by atoms with Gasteiger partial charge in [0, 0.05) is 44.1 Å². The third kappa shape index (κ3) is 3.84. The smallest absolute Gasteiger partial charge is 0.226 e. The number of ether oxygens (including phenoxy) is 1. The molecular weight excluding hydrogens is 340 g/mol. The third-order valence-electron chi connectivity index (χ3n) is 5.96. The summed E-state index contributed by atoms with van der Waals surface area (Å²) in [6.07, 6.45) is 5.16. The molecule has 2 aromatic rings. The molecule has 3 heterocycles. The molecule has 0 unspecified atom stereocenters. The van der Waals surface area contributed by atoms with Gasteiger partial charge in [-0.2, -0.15) is 0 Å². The van der Waals surface area contributed by atoms with Crippen LogP contribution in [-0.2, 0) is 4.79 Å². The average molecular weight is 368 g/mol. The van der Waals surface area contributed by atoms with Gasteiger partial charge in [0.15, 0.2) is 0 Å². The van der Waals surface area contributed by atoms with Crippen LogP contribution in [0.1, 0.15) is 37.8 Å². The quantitative estimate of drug-likeness (QED) is 0.811. The van der Waals surface area contributed by atoms with Crippen molar-refractivity contribution in [3.63, 3.8) is 0 Å². The molecule has 0 atom stereocenters. The molecule has 6 nitrogen and oxygen atoms in total. The van der Waals surface area contributed by atoms with E-state index in [1.807, 2.05) is 30.0 Å². The van der Waals surface area contributed by atoms with Crippen molar-refractivity contribution in [1.29, 1.82) is 0 Å². The second-order valence-electron chi connectivity index (χ2n) is 7.70. The molecule has 27 heavy (non-hydrogen) atoms. The summed E-state index contributed by atoms with van der Waals surface area (Å²) in [5, 5.41) is 1.07. The zero-order valence-electron chi connectivity index (χ0n) is 16.3. The number of piperidine rings is 1. The predicted octanol–water partition coefficient (Wildman–Crippen LogP) is 3.18. The topological polar surface area (TPSA) is 58.6 Å². The van der Waals surface area contributed by atoms with Crippen LogP contribution in [0.15, 0.2) is 18.2 Å². The number of aryl methyl sites for hydroxylation is 1. The van der Waals surface area contributed by atoms with Gasteiger partial charge in [-0.25, -0.2) is 9.97 Å². The molecule has 0 radical (unpaired) electrons. The van der Waals surface area contributed by atoms with Crippen LogP contribution in [0.2, 0.25) is 0 Å². The number of carbonyl (C=O) groups excluding carboxylic acids is 1. The molecule has 4 rings (SSSR count). The van der Waals surface area contributed by atoms with E-state index in [2.05, 4.69) is 4.90 Å². The van der Waals surface area contributed by atoms with Crippen LogP contribution in [-0.4, -0.2) is 54.1 Å². The zero-order valence-corrected chi connectivity index (χ0v) is 16.3. The molecule has 0 aliphatic carbocycles.